The minimum Gasteiger partial charge on any atom is -0.444 e. The van der Waals surface area contributed by atoms with Gasteiger partial charge < -0.3 is 15.4 Å². The van der Waals surface area contributed by atoms with Crippen LogP contribution in [-0.4, -0.2) is 45.5 Å². The summed E-state index contributed by atoms with van der Waals surface area (Å²) in [5.41, 5.74) is 0.0334. The van der Waals surface area contributed by atoms with Crippen molar-refractivity contribution in [2.75, 3.05) is 13.1 Å². The number of carbonyl (C=O) groups is 2. The second-order valence-corrected chi connectivity index (χ2v) is 8.61. The molecule has 2 amide bonds. The van der Waals surface area contributed by atoms with Gasteiger partial charge in [-0.2, -0.15) is 0 Å². The quantitative estimate of drug-likeness (QED) is 0.540. The zero-order valence-corrected chi connectivity index (χ0v) is 18.3. The van der Waals surface area contributed by atoms with Crippen LogP contribution in [0.4, 0.5) is 9.18 Å². The topological polar surface area (TPSA) is 98.1 Å². The Kier molecular flexibility index (Phi) is 7.01. The second kappa shape index (κ2) is 9.69. The number of hydrogen-bond acceptors (Lipinski definition) is 6. The van der Waals surface area contributed by atoms with Crippen LogP contribution in [-0.2, 0) is 4.74 Å². The summed E-state index contributed by atoms with van der Waals surface area (Å²) in [6.07, 6.45) is 0.0145. The van der Waals surface area contributed by atoms with Gasteiger partial charge in [-0.15, -0.1) is 16.4 Å². The molecule has 31 heavy (non-hydrogen) atoms. The molecule has 0 atom stereocenters. The normalized spacial score (nSPS) is 11.2. The summed E-state index contributed by atoms with van der Waals surface area (Å²) in [7, 11) is 0. The van der Waals surface area contributed by atoms with Crippen LogP contribution >= 0.6 is 11.3 Å². The number of amides is 2. The molecule has 0 radical (unpaired) electrons. The van der Waals surface area contributed by atoms with Crippen LogP contribution in [0.25, 0.3) is 16.4 Å². The van der Waals surface area contributed by atoms with Crippen molar-refractivity contribution in [3.8, 4) is 16.4 Å². The zero-order chi connectivity index (χ0) is 22.4. The molecule has 0 saturated carbocycles. The van der Waals surface area contributed by atoms with E-state index in [1.165, 1.54) is 28.2 Å². The average molecular weight is 446 g/mol. The molecule has 0 bridgehead atoms. The van der Waals surface area contributed by atoms with E-state index < -0.39 is 17.6 Å². The highest BCUT2D eigenvalue weighted by Gasteiger charge is 2.19. The van der Waals surface area contributed by atoms with E-state index in [-0.39, 0.29) is 11.6 Å². The third-order valence-corrected chi connectivity index (χ3v) is 4.80. The molecule has 0 aliphatic heterocycles. The molecule has 2 heterocycles. The fraction of sp³-hybridized carbons (Fsp3) is 0.333. The monoisotopic (exact) mass is 445 g/mol. The predicted molar refractivity (Wildman–Crippen MR) is 116 cm³/mol. The lowest BCUT2D eigenvalue weighted by Crippen LogP contribution is -2.34. The van der Waals surface area contributed by atoms with Gasteiger partial charge in [-0.1, -0.05) is 6.07 Å². The Morgan fingerprint density at radius 3 is 2.48 bits per heavy atom. The molecule has 0 unspecified atom stereocenters. The maximum absolute atomic E-state index is 13.3. The van der Waals surface area contributed by atoms with Gasteiger partial charge in [0.2, 0.25) is 5.82 Å². The number of halogens is 1. The van der Waals surface area contributed by atoms with Crippen molar-refractivity contribution in [2.45, 2.75) is 32.8 Å². The van der Waals surface area contributed by atoms with E-state index in [9.17, 15) is 14.0 Å². The molecule has 2 aromatic heterocycles. The minimum atomic E-state index is -0.562. The maximum Gasteiger partial charge on any atom is 0.407 e. The summed E-state index contributed by atoms with van der Waals surface area (Å²) >= 11 is 1.46. The third-order valence-electron chi connectivity index (χ3n) is 3.93. The van der Waals surface area contributed by atoms with Crippen LogP contribution in [0, 0.1) is 5.82 Å². The number of thiophene rings is 1. The first kappa shape index (κ1) is 22.4. The molecule has 1 aromatic carbocycles. The van der Waals surface area contributed by atoms with Crippen molar-refractivity contribution >= 4 is 23.3 Å². The molecule has 0 fully saturated rings. The van der Waals surface area contributed by atoms with Crippen LogP contribution in [0.1, 0.15) is 37.8 Å². The van der Waals surface area contributed by atoms with E-state index in [2.05, 4.69) is 20.7 Å². The van der Waals surface area contributed by atoms with E-state index in [4.69, 9.17) is 4.74 Å². The van der Waals surface area contributed by atoms with Gasteiger partial charge in [-0.05, 0) is 62.9 Å². The van der Waals surface area contributed by atoms with Gasteiger partial charge in [0.25, 0.3) is 5.91 Å². The summed E-state index contributed by atoms with van der Waals surface area (Å²) in [4.78, 5) is 29.4. The van der Waals surface area contributed by atoms with Crippen LogP contribution in [0.5, 0.6) is 0 Å². The number of alkyl carbamates (subject to hydrolysis) is 1. The first-order valence-electron chi connectivity index (χ1n) is 9.75. The van der Waals surface area contributed by atoms with Crippen molar-refractivity contribution in [1.29, 1.82) is 0 Å². The van der Waals surface area contributed by atoms with Gasteiger partial charge in [0.1, 0.15) is 11.4 Å². The predicted octanol–water partition coefficient (Wildman–Crippen LogP) is 3.78. The first-order valence-corrected chi connectivity index (χ1v) is 10.6. The second-order valence-electron chi connectivity index (χ2n) is 7.66. The summed E-state index contributed by atoms with van der Waals surface area (Å²) in [6, 6.07) is 9.55. The molecule has 2 N–H and O–H groups in total. The highest BCUT2D eigenvalue weighted by Crippen LogP contribution is 2.25. The zero-order valence-electron chi connectivity index (χ0n) is 17.5. The van der Waals surface area contributed by atoms with Crippen LogP contribution in [0.2, 0.25) is 0 Å². The summed E-state index contributed by atoms with van der Waals surface area (Å²) in [5.74, 6) is -0.290. The third kappa shape index (κ3) is 6.35. The Balaban J connectivity index is 1.62. The van der Waals surface area contributed by atoms with E-state index in [0.29, 0.717) is 31.0 Å². The van der Waals surface area contributed by atoms with Crippen molar-refractivity contribution in [3.63, 3.8) is 0 Å². The first-order chi connectivity index (χ1) is 14.7. The van der Waals surface area contributed by atoms with Gasteiger partial charge in [-0.3, -0.25) is 4.79 Å². The lowest BCUT2D eigenvalue weighted by Gasteiger charge is -2.19. The molecule has 3 rings (SSSR count). The minimum absolute atomic E-state index is 0.00725. The van der Waals surface area contributed by atoms with Crippen molar-refractivity contribution in [2.24, 2.45) is 0 Å². The summed E-state index contributed by atoms with van der Waals surface area (Å²) < 4.78 is 20.0. The Morgan fingerprint density at radius 1 is 1.13 bits per heavy atom. The lowest BCUT2D eigenvalue weighted by atomic mass is 10.2. The van der Waals surface area contributed by atoms with E-state index in [0.717, 1.165) is 4.88 Å². The summed E-state index contributed by atoms with van der Waals surface area (Å²) in [6.45, 7) is 6.04. The Morgan fingerprint density at radius 2 is 1.84 bits per heavy atom. The fourth-order valence-electron chi connectivity index (χ4n) is 2.61. The lowest BCUT2D eigenvalue weighted by molar-refractivity contribution is 0.0527. The molecule has 0 aliphatic carbocycles. The molecule has 8 nitrogen and oxygen atoms in total. The largest absolute Gasteiger partial charge is 0.444 e. The Bertz CT molecular complexity index is 1030. The molecule has 0 aliphatic rings. The Hall–Kier alpha value is -3.27. The molecular formula is C21H24FN5O3S. The van der Waals surface area contributed by atoms with Crippen molar-refractivity contribution in [1.82, 2.24) is 25.4 Å². The number of ether oxygens (including phenoxy) is 1. The van der Waals surface area contributed by atoms with Crippen LogP contribution in [0.3, 0.4) is 0 Å². The van der Waals surface area contributed by atoms with E-state index in [1.807, 2.05) is 17.5 Å². The summed E-state index contributed by atoms with van der Waals surface area (Å²) in [5, 5.41) is 11.6. The number of rotatable bonds is 7. The molecule has 0 saturated heterocycles. The van der Waals surface area contributed by atoms with Gasteiger partial charge in [-0.25, -0.2) is 18.9 Å². The standard InChI is InChI=1S/C21H24FN5O3S/c1-21(2,3)30-20(29)24-12-5-11-23-19(28)17-25-18(16-6-4-13-31-16)27(26-17)15-9-7-14(22)8-10-15/h4,6-10,13H,5,11-12H2,1-3H3,(H,23,28)(H,24,29). The van der Waals surface area contributed by atoms with Crippen molar-refractivity contribution in [3.05, 3.63) is 53.4 Å². The van der Waals surface area contributed by atoms with Gasteiger partial charge in [0.15, 0.2) is 5.82 Å². The van der Waals surface area contributed by atoms with Crippen molar-refractivity contribution < 1.29 is 18.7 Å². The van der Waals surface area contributed by atoms with Crippen LogP contribution < -0.4 is 10.6 Å². The van der Waals surface area contributed by atoms with Crippen LogP contribution in [0.15, 0.2) is 41.8 Å². The fourth-order valence-corrected chi connectivity index (χ4v) is 3.31. The average Bonchev–Trinajstić information content (AvgIpc) is 3.36. The maximum atomic E-state index is 13.3. The van der Waals surface area contributed by atoms with E-state index >= 15 is 0 Å². The smallest absolute Gasteiger partial charge is 0.407 e. The number of nitrogens with zero attached hydrogens (tertiary/aromatic N) is 3. The molecule has 10 heteroatoms. The van der Waals surface area contributed by atoms with E-state index in [1.54, 1.807) is 32.9 Å². The molecule has 3 aromatic rings. The van der Waals surface area contributed by atoms with Gasteiger partial charge >= 0.3 is 6.09 Å². The van der Waals surface area contributed by atoms with Gasteiger partial charge in [0.05, 0.1) is 10.6 Å². The van der Waals surface area contributed by atoms with Gasteiger partial charge in [0, 0.05) is 13.1 Å². The highest BCUT2D eigenvalue weighted by atomic mass is 32.1. The number of hydrogen-bond donors (Lipinski definition) is 2. The molecule has 0 spiro atoms. The molecule has 164 valence electrons. The SMILES string of the molecule is CC(C)(C)OC(=O)NCCCNC(=O)c1nc(-c2cccs2)n(-c2ccc(F)cc2)n1. The number of carbonyl (C=O) groups excluding carboxylic acids is 2. The molecular weight excluding hydrogens is 421 g/mol. The highest BCUT2D eigenvalue weighted by molar-refractivity contribution is 7.13. The number of benzene rings is 1. The number of aromatic nitrogens is 3. The Labute approximate surface area is 183 Å². The number of nitrogens with one attached hydrogen (secondary N) is 2.